The number of imidazole rings is 1. The number of aryl methyl sites for hydroxylation is 1. The van der Waals surface area contributed by atoms with E-state index >= 15 is 0 Å². The van der Waals surface area contributed by atoms with Crippen molar-refractivity contribution in [2.45, 2.75) is 6.54 Å². The third kappa shape index (κ3) is 2.11. The number of rotatable bonds is 3. The molecule has 0 fully saturated rings. The summed E-state index contributed by atoms with van der Waals surface area (Å²) in [6, 6.07) is 10.3. The van der Waals surface area contributed by atoms with Crippen LogP contribution in [-0.2, 0) is 13.6 Å². The van der Waals surface area contributed by atoms with E-state index in [0.29, 0.717) is 0 Å². The van der Waals surface area contributed by atoms with Gasteiger partial charge in [0.15, 0.2) is 0 Å². The molecule has 0 bridgehead atoms. The van der Waals surface area contributed by atoms with Crippen LogP contribution in [0.4, 0.5) is 0 Å². The zero-order valence-electron chi connectivity index (χ0n) is 11.1. The molecular formula is C15H16N4. The van der Waals surface area contributed by atoms with Crippen LogP contribution in [0.1, 0.15) is 5.56 Å². The maximum Gasteiger partial charge on any atom is 0.142 e. The van der Waals surface area contributed by atoms with Gasteiger partial charge in [-0.3, -0.25) is 4.98 Å². The van der Waals surface area contributed by atoms with Gasteiger partial charge in [0.05, 0.1) is 11.0 Å². The first-order chi connectivity index (χ1) is 9.29. The molecule has 1 N–H and O–H groups in total. The molecule has 2 aromatic heterocycles. The van der Waals surface area contributed by atoms with Crippen LogP contribution in [0.3, 0.4) is 0 Å². The molecule has 0 aliphatic heterocycles. The second-order valence-corrected chi connectivity index (χ2v) is 4.59. The fraction of sp³-hybridized carbons (Fsp3) is 0.200. The zero-order chi connectivity index (χ0) is 13.2. The normalized spacial score (nSPS) is 11.1. The Hall–Kier alpha value is -2.20. The summed E-state index contributed by atoms with van der Waals surface area (Å²) < 4.78 is 2.12. The number of hydrogen-bond donors (Lipinski definition) is 1. The van der Waals surface area contributed by atoms with Crippen LogP contribution in [0.15, 0.2) is 42.7 Å². The molecule has 0 unspecified atom stereocenters. The van der Waals surface area contributed by atoms with E-state index in [9.17, 15) is 0 Å². The van der Waals surface area contributed by atoms with Crippen molar-refractivity contribution in [1.29, 1.82) is 0 Å². The highest BCUT2D eigenvalue weighted by atomic mass is 15.1. The van der Waals surface area contributed by atoms with Crippen LogP contribution in [0.5, 0.6) is 0 Å². The van der Waals surface area contributed by atoms with Crippen molar-refractivity contribution in [3.63, 3.8) is 0 Å². The van der Waals surface area contributed by atoms with E-state index in [1.807, 2.05) is 32.4 Å². The Morgan fingerprint density at radius 2 is 2.16 bits per heavy atom. The summed E-state index contributed by atoms with van der Waals surface area (Å²) in [7, 11) is 4.00. The minimum Gasteiger partial charge on any atom is -0.327 e. The fourth-order valence-electron chi connectivity index (χ4n) is 2.30. The van der Waals surface area contributed by atoms with Crippen molar-refractivity contribution in [2.24, 2.45) is 7.05 Å². The monoisotopic (exact) mass is 252 g/mol. The molecule has 96 valence electrons. The third-order valence-corrected chi connectivity index (χ3v) is 3.25. The van der Waals surface area contributed by atoms with Crippen molar-refractivity contribution < 1.29 is 0 Å². The van der Waals surface area contributed by atoms with E-state index in [2.05, 4.69) is 38.1 Å². The Morgan fingerprint density at radius 3 is 2.89 bits per heavy atom. The molecule has 19 heavy (non-hydrogen) atoms. The molecule has 4 nitrogen and oxygen atoms in total. The molecule has 3 rings (SSSR count). The van der Waals surface area contributed by atoms with Crippen molar-refractivity contribution >= 4 is 11.0 Å². The Kier molecular flexibility index (Phi) is 3.01. The second kappa shape index (κ2) is 4.82. The standard InChI is InChI=1S/C15H16N4/c1-16-9-11-5-6-13-14(8-11)19(2)15(18-13)12-4-3-7-17-10-12/h3-8,10,16H,9H2,1-2H3. The van der Waals surface area contributed by atoms with Gasteiger partial charge in [-0.2, -0.15) is 0 Å². The van der Waals surface area contributed by atoms with Crippen LogP contribution in [0.2, 0.25) is 0 Å². The van der Waals surface area contributed by atoms with Crippen molar-refractivity contribution in [3.8, 4) is 11.4 Å². The van der Waals surface area contributed by atoms with E-state index in [4.69, 9.17) is 0 Å². The molecule has 0 aliphatic carbocycles. The Bertz CT molecular complexity index is 701. The first-order valence-electron chi connectivity index (χ1n) is 6.30. The number of nitrogens with one attached hydrogen (secondary N) is 1. The summed E-state index contributed by atoms with van der Waals surface area (Å²) in [4.78, 5) is 8.84. The Labute approximate surface area is 112 Å². The van der Waals surface area contributed by atoms with Gasteiger partial charge in [0, 0.05) is 31.5 Å². The lowest BCUT2D eigenvalue weighted by atomic mass is 10.2. The molecule has 0 atom stereocenters. The van der Waals surface area contributed by atoms with Crippen LogP contribution in [0, 0.1) is 0 Å². The Balaban J connectivity index is 2.15. The van der Waals surface area contributed by atoms with Gasteiger partial charge >= 0.3 is 0 Å². The molecule has 2 heterocycles. The van der Waals surface area contributed by atoms with Gasteiger partial charge in [-0.25, -0.2) is 4.98 Å². The molecule has 0 amide bonds. The molecule has 3 aromatic rings. The van der Waals surface area contributed by atoms with Gasteiger partial charge < -0.3 is 9.88 Å². The van der Waals surface area contributed by atoms with Crippen LogP contribution in [0.25, 0.3) is 22.4 Å². The molecule has 1 aromatic carbocycles. The summed E-state index contributed by atoms with van der Waals surface area (Å²) >= 11 is 0. The van der Waals surface area contributed by atoms with Crippen molar-refractivity contribution in [1.82, 2.24) is 19.9 Å². The molecular weight excluding hydrogens is 236 g/mol. The first-order valence-corrected chi connectivity index (χ1v) is 6.30. The fourth-order valence-corrected chi connectivity index (χ4v) is 2.30. The number of fused-ring (bicyclic) bond motifs is 1. The predicted octanol–water partition coefficient (Wildman–Crippen LogP) is 2.35. The van der Waals surface area contributed by atoms with Gasteiger partial charge in [0.25, 0.3) is 0 Å². The summed E-state index contributed by atoms with van der Waals surface area (Å²) in [5.41, 5.74) is 4.46. The summed E-state index contributed by atoms with van der Waals surface area (Å²) in [5.74, 6) is 0.949. The van der Waals surface area contributed by atoms with E-state index in [0.717, 1.165) is 29.0 Å². The predicted molar refractivity (Wildman–Crippen MR) is 76.7 cm³/mol. The SMILES string of the molecule is CNCc1ccc2nc(-c3cccnc3)n(C)c2c1. The number of benzene rings is 1. The van der Waals surface area contributed by atoms with Crippen LogP contribution in [-0.4, -0.2) is 21.6 Å². The number of nitrogens with zero attached hydrogens (tertiary/aromatic N) is 3. The molecule has 0 radical (unpaired) electrons. The van der Waals surface area contributed by atoms with Crippen molar-refractivity contribution in [2.75, 3.05) is 7.05 Å². The quantitative estimate of drug-likeness (QED) is 0.778. The maximum absolute atomic E-state index is 4.69. The molecule has 4 heteroatoms. The average molecular weight is 252 g/mol. The van der Waals surface area contributed by atoms with Crippen molar-refractivity contribution in [3.05, 3.63) is 48.3 Å². The zero-order valence-corrected chi connectivity index (χ0v) is 11.1. The number of hydrogen-bond acceptors (Lipinski definition) is 3. The highest BCUT2D eigenvalue weighted by Gasteiger charge is 2.10. The molecule has 0 saturated heterocycles. The summed E-state index contributed by atoms with van der Waals surface area (Å²) in [6.45, 7) is 0.864. The van der Waals surface area contributed by atoms with Gasteiger partial charge in [0.2, 0.25) is 0 Å². The van der Waals surface area contributed by atoms with Gasteiger partial charge in [-0.05, 0) is 36.9 Å². The molecule has 0 spiro atoms. The average Bonchev–Trinajstić information content (AvgIpc) is 2.78. The lowest BCUT2D eigenvalue weighted by Crippen LogP contribution is -2.04. The minimum atomic E-state index is 0.864. The first kappa shape index (κ1) is 11.9. The Morgan fingerprint density at radius 1 is 1.26 bits per heavy atom. The van der Waals surface area contributed by atoms with E-state index in [1.54, 1.807) is 6.20 Å². The summed E-state index contributed by atoms with van der Waals surface area (Å²) in [6.07, 6.45) is 3.62. The lowest BCUT2D eigenvalue weighted by Gasteiger charge is -2.03. The van der Waals surface area contributed by atoms with E-state index < -0.39 is 0 Å². The van der Waals surface area contributed by atoms with Gasteiger partial charge in [-0.1, -0.05) is 6.07 Å². The summed E-state index contributed by atoms with van der Waals surface area (Å²) in [5, 5.41) is 3.17. The third-order valence-electron chi connectivity index (χ3n) is 3.25. The largest absolute Gasteiger partial charge is 0.327 e. The molecule has 0 aliphatic rings. The van der Waals surface area contributed by atoms with Gasteiger partial charge in [-0.15, -0.1) is 0 Å². The highest BCUT2D eigenvalue weighted by molar-refractivity contribution is 5.81. The second-order valence-electron chi connectivity index (χ2n) is 4.59. The van der Waals surface area contributed by atoms with Crippen LogP contribution >= 0.6 is 0 Å². The highest BCUT2D eigenvalue weighted by Crippen LogP contribution is 2.23. The lowest BCUT2D eigenvalue weighted by molar-refractivity contribution is 0.818. The topological polar surface area (TPSA) is 42.7 Å². The smallest absolute Gasteiger partial charge is 0.142 e. The number of aromatic nitrogens is 3. The minimum absolute atomic E-state index is 0.864. The maximum atomic E-state index is 4.69. The van der Waals surface area contributed by atoms with Gasteiger partial charge in [0.1, 0.15) is 5.82 Å². The number of pyridine rings is 1. The molecule has 0 saturated carbocycles. The van der Waals surface area contributed by atoms with Crippen LogP contribution < -0.4 is 5.32 Å². The van der Waals surface area contributed by atoms with E-state index in [1.165, 1.54) is 5.56 Å². The van der Waals surface area contributed by atoms with E-state index in [-0.39, 0.29) is 0 Å².